The lowest BCUT2D eigenvalue weighted by molar-refractivity contribution is -0.122. The third-order valence-corrected chi connectivity index (χ3v) is 4.67. The lowest BCUT2D eigenvalue weighted by Gasteiger charge is -2.45. The lowest BCUT2D eigenvalue weighted by Crippen LogP contribution is -2.58. The lowest BCUT2D eigenvalue weighted by atomic mass is 10.00. The molecule has 2 atom stereocenters. The van der Waals surface area contributed by atoms with E-state index >= 15 is 0 Å². The van der Waals surface area contributed by atoms with Crippen LogP contribution in [-0.4, -0.2) is 48.2 Å². The molecule has 0 bridgehead atoms. The molecule has 1 saturated heterocycles. The number of nitrogens with one attached hydrogen (secondary N) is 1. The van der Waals surface area contributed by atoms with E-state index in [0.717, 1.165) is 18.7 Å². The van der Waals surface area contributed by atoms with Crippen LogP contribution in [0.1, 0.15) is 33.3 Å². The fourth-order valence-corrected chi connectivity index (χ4v) is 3.41. The van der Waals surface area contributed by atoms with Gasteiger partial charge in [-0.3, -0.25) is 9.69 Å². The van der Waals surface area contributed by atoms with Gasteiger partial charge in [0, 0.05) is 25.2 Å². The Balaban J connectivity index is 1.84. The maximum absolute atomic E-state index is 12.0. The second-order valence-corrected chi connectivity index (χ2v) is 7.34. The van der Waals surface area contributed by atoms with Crippen molar-refractivity contribution in [3.8, 4) is 0 Å². The molecule has 0 saturated carbocycles. The van der Waals surface area contributed by atoms with Crippen molar-refractivity contribution in [2.75, 3.05) is 19.6 Å². The summed E-state index contributed by atoms with van der Waals surface area (Å²) < 4.78 is 5.78. The van der Waals surface area contributed by atoms with E-state index < -0.39 is 0 Å². The first kappa shape index (κ1) is 16.5. The SMILES string of the molecule is C[C@@H]1CN(C(C)(C)CNC(=O)Cc2ccsc2)C[C@@H](C)O1. The fraction of sp³-hybridized carbons (Fsp3) is 0.688. The first-order chi connectivity index (χ1) is 9.87. The van der Waals surface area contributed by atoms with Gasteiger partial charge in [-0.1, -0.05) is 0 Å². The minimum absolute atomic E-state index is 0.0589. The normalized spacial score (nSPS) is 24.0. The van der Waals surface area contributed by atoms with Gasteiger partial charge in [0.2, 0.25) is 5.91 Å². The van der Waals surface area contributed by atoms with Gasteiger partial charge in [-0.2, -0.15) is 11.3 Å². The van der Waals surface area contributed by atoms with Gasteiger partial charge in [0.15, 0.2) is 0 Å². The number of rotatable bonds is 5. The first-order valence-electron chi connectivity index (χ1n) is 7.55. The molecule has 0 aromatic carbocycles. The summed E-state index contributed by atoms with van der Waals surface area (Å²) in [7, 11) is 0. The molecule has 2 heterocycles. The zero-order chi connectivity index (χ0) is 15.5. The number of nitrogens with zero attached hydrogens (tertiary/aromatic N) is 1. The number of ether oxygens (including phenoxy) is 1. The van der Waals surface area contributed by atoms with Crippen molar-refractivity contribution in [3.05, 3.63) is 22.4 Å². The monoisotopic (exact) mass is 310 g/mol. The van der Waals surface area contributed by atoms with E-state index in [1.165, 1.54) is 0 Å². The summed E-state index contributed by atoms with van der Waals surface area (Å²) in [4.78, 5) is 14.4. The number of hydrogen-bond donors (Lipinski definition) is 1. The molecule has 0 radical (unpaired) electrons. The minimum Gasteiger partial charge on any atom is -0.373 e. The predicted octanol–water partition coefficient (Wildman–Crippen LogP) is 2.29. The van der Waals surface area contributed by atoms with E-state index in [1.807, 2.05) is 16.8 Å². The number of thiophene rings is 1. The average Bonchev–Trinajstić information content (AvgIpc) is 2.88. The topological polar surface area (TPSA) is 41.6 Å². The summed E-state index contributed by atoms with van der Waals surface area (Å²) in [6.45, 7) is 11.1. The van der Waals surface area contributed by atoms with Crippen molar-refractivity contribution < 1.29 is 9.53 Å². The minimum atomic E-state index is -0.0589. The number of carbonyl (C=O) groups excluding carboxylic acids is 1. The third kappa shape index (κ3) is 4.80. The van der Waals surface area contributed by atoms with Crippen LogP contribution in [-0.2, 0) is 16.0 Å². The van der Waals surface area contributed by atoms with Gasteiger partial charge in [0.25, 0.3) is 0 Å². The van der Waals surface area contributed by atoms with Crippen LogP contribution in [0.15, 0.2) is 16.8 Å². The van der Waals surface area contributed by atoms with E-state index in [1.54, 1.807) is 11.3 Å². The Labute approximate surface area is 131 Å². The Bertz CT molecular complexity index is 449. The molecule has 1 aromatic rings. The molecule has 0 spiro atoms. The Morgan fingerprint density at radius 2 is 2.10 bits per heavy atom. The van der Waals surface area contributed by atoms with Crippen LogP contribution in [0.5, 0.6) is 0 Å². The largest absolute Gasteiger partial charge is 0.373 e. The molecular formula is C16H26N2O2S. The molecule has 0 aliphatic carbocycles. The summed E-state index contributed by atoms with van der Waals surface area (Å²) in [5, 5.41) is 7.10. The zero-order valence-corrected chi connectivity index (χ0v) is 14.2. The highest BCUT2D eigenvalue weighted by Gasteiger charge is 2.33. The van der Waals surface area contributed by atoms with E-state index in [4.69, 9.17) is 4.74 Å². The molecule has 2 rings (SSSR count). The van der Waals surface area contributed by atoms with Crippen LogP contribution in [0.4, 0.5) is 0 Å². The molecule has 1 aromatic heterocycles. The molecule has 4 nitrogen and oxygen atoms in total. The van der Waals surface area contributed by atoms with Gasteiger partial charge in [0.05, 0.1) is 18.6 Å². The van der Waals surface area contributed by atoms with E-state index in [-0.39, 0.29) is 23.7 Å². The summed E-state index contributed by atoms with van der Waals surface area (Å²) in [6, 6.07) is 2.00. The number of morpholine rings is 1. The molecule has 1 amide bonds. The van der Waals surface area contributed by atoms with Gasteiger partial charge < -0.3 is 10.1 Å². The summed E-state index contributed by atoms with van der Waals surface area (Å²) >= 11 is 1.63. The van der Waals surface area contributed by atoms with Crippen molar-refractivity contribution in [3.63, 3.8) is 0 Å². The Kier molecular flexibility index (Phi) is 5.41. The van der Waals surface area contributed by atoms with Gasteiger partial charge in [0.1, 0.15) is 0 Å². The molecule has 21 heavy (non-hydrogen) atoms. The molecule has 1 aliphatic rings. The van der Waals surface area contributed by atoms with Crippen molar-refractivity contribution in [1.82, 2.24) is 10.2 Å². The van der Waals surface area contributed by atoms with Crippen LogP contribution < -0.4 is 5.32 Å². The van der Waals surface area contributed by atoms with E-state index in [2.05, 4.69) is 37.9 Å². The van der Waals surface area contributed by atoms with Crippen LogP contribution in [0.25, 0.3) is 0 Å². The molecule has 118 valence electrons. The predicted molar refractivity (Wildman–Crippen MR) is 86.7 cm³/mol. The quantitative estimate of drug-likeness (QED) is 0.907. The fourth-order valence-electron chi connectivity index (χ4n) is 2.74. The maximum atomic E-state index is 12.0. The van der Waals surface area contributed by atoms with Crippen LogP contribution in [0.3, 0.4) is 0 Å². The second-order valence-electron chi connectivity index (χ2n) is 6.56. The molecule has 5 heteroatoms. The number of carbonyl (C=O) groups is 1. The number of amides is 1. The highest BCUT2D eigenvalue weighted by Crippen LogP contribution is 2.20. The molecular weight excluding hydrogens is 284 g/mol. The van der Waals surface area contributed by atoms with Crippen LogP contribution in [0.2, 0.25) is 0 Å². The smallest absolute Gasteiger partial charge is 0.224 e. The number of hydrogen-bond acceptors (Lipinski definition) is 4. The van der Waals surface area contributed by atoms with Gasteiger partial charge in [-0.25, -0.2) is 0 Å². The van der Waals surface area contributed by atoms with Gasteiger partial charge >= 0.3 is 0 Å². The molecule has 1 aliphatic heterocycles. The summed E-state index contributed by atoms with van der Waals surface area (Å²) in [5.74, 6) is 0.0934. The van der Waals surface area contributed by atoms with E-state index in [9.17, 15) is 4.79 Å². The van der Waals surface area contributed by atoms with E-state index in [0.29, 0.717) is 13.0 Å². The highest BCUT2D eigenvalue weighted by molar-refractivity contribution is 7.07. The van der Waals surface area contributed by atoms with Gasteiger partial charge in [-0.15, -0.1) is 0 Å². The molecule has 0 unspecified atom stereocenters. The standard InChI is InChI=1S/C16H26N2O2S/c1-12-8-18(9-13(2)20-12)16(3,4)11-17-15(19)7-14-5-6-21-10-14/h5-6,10,12-13H,7-9,11H2,1-4H3,(H,17,19)/t12-,13-/m1/s1. The van der Waals surface area contributed by atoms with Crippen molar-refractivity contribution in [1.29, 1.82) is 0 Å². The first-order valence-corrected chi connectivity index (χ1v) is 8.49. The average molecular weight is 310 g/mol. The molecule has 1 fully saturated rings. The van der Waals surface area contributed by atoms with Gasteiger partial charge in [-0.05, 0) is 50.1 Å². The van der Waals surface area contributed by atoms with Crippen LogP contribution in [0, 0.1) is 0 Å². The maximum Gasteiger partial charge on any atom is 0.224 e. The summed E-state index contributed by atoms with van der Waals surface area (Å²) in [6.07, 6.45) is 0.958. The Morgan fingerprint density at radius 3 is 2.67 bits per heavy atom. The second kappa shape index (κ2) is 6.90. The Morgan fingerprint density at radius 1 is 1.43 bits per heavy atom. The molecule has 1 N–H and O–H groups in total. The van der Waals surface area contributed by atoms with Crippen LogP contribution >= 0.6 is 11.3 Å². The zero-order valence-electron chi connectivity index (χ0n) is 13.4. The Hall–Kier alpha value is -0.910. The third-order valence-electron chi connectivity index (χ3n) is 3.94. The summed E-state index contributed by atoms with van der Waals surface area (Å²) in [5.41, 5.74) is 1.03. The van der Waals surface area contributed by atoms with Crippen molar-refractivity contribution in [2.24, 2.45) is 0 Å². The highest BCUT2D eigenvalue weighted by atomic mass is 32.1. The van der Waals surface area contributed by atoms with Crippen molar-refractivity contribution >= 4 is 17.2 Å². The van der Waals surface area contributed by atoms with Crippen molar-refractivity contribution in [2.45, 2.75) is 51.9 Å².